The van der Waals surface area contributed by atoms with Crippen LogP contribution in [0.2, 0.25) is 0 Å². The number of amides is 2. The van der Waals surface area contributed by atoms with Crippen molar-refractivity contribution in [3.8, 4) is 0 Å². The Hall–Kier alpha value is -3.17. The number of benzene rings is 1. The van der Waals surface area contributed by atoms with Gasteiger partial charge in [-0.05, 0) is 33.3 Å². The number of carboxylic acids is 1. The number of ether oxygens (including phenoxy) is 1. The van der Waals surface area contributed by atoms with Crippen molar-refractivity contribution in [1.29, 1.82) is 0 Å². The zero-order valence-electron chi connectivity index (χ0n) is 16.5. The number of hydrogen-bond acceptors (Lipinski definition) is 6. The molecule has 28 heavy (non-hydrogen) atoms. The number of carbonyl (C=O) groups is 3. The molecule has 1 unspecified atom stereocenters. The Kier molecular flexibility index (Phi) is 7.48. The summed E-state index contributed by atoms with van der Waals surface area (Å²) in [5.74, 6) is -1.93. The number of non-ortho nitro benzene ring substituents is 1. The molecular formula is C18H25N3O7. The van der Waals surface area contributed by atoms with Crippen molar-refractivity contribution < 1.29 is 29.2 Å². The molecule has 2 N–H and O–H groups in total. The first-order valence-corrected chi connectivity index (χ1v) is 8.54. The van der Waals surface area contributed by atoms with Gasteiger partial charge in [-0.25, -0.2) is 9.59 Å². The van der Waals surface area contributed by atoms with E-state index in [1.165, 1.54) is 38.2 Å². The van der Waals surface area contributed by atoms with Crippen LogP contribution in [0.25, 0.3) is 0 Å². The van der Waals surface area contributed by atoms with Gasteiger partial charge < -0.3 is 15.2 Å². The summed E-state index contributed by atoms with van der Waals surface area (Å²) in [6, 6.07) is 3.15. The van der Waals surface area contributed by atoms with E-state index in [4.69, 9.17) is 4.74 Å². The number of likely N-dealkylation sites (N-methyl/N-ethyl adjacent to an activating group) is 1. The molecule has 0 bridgehead atoms. The lowest BCUT2D eigenvalue weighted by Crippen LogP contribution is -2.52. The van der Waals surface area contributed by atoms with Gasteiger partial charge in [-0.3, -0.25) is 19.8 Å². The van der Waals surface area contributed by atoms with E-state index in [0.717, 1.165) is 4.90 Å². The molecule has 1 aromatic rings. The number of nitrogens with zero attached hydrogens (tertiary/aromatic N) is 2. The maximum Gasteiger partial charge on any atom is 0.410 e. The number of hydrogen-bond donors (Lipinski definition) is 2. The van der Waals surface area contributed by atoms with Crippen molar-refractivity contribution in [1.82, 2.24) is 10.2 Å². The third-order valence-electron chi connectivity index (χ3n) is 3.84. The summed E-state index contributed by atoms with van der Waals surface area (Å²) in [7, 11) is 1.38. The summed E-state index contributed by atoms with van der Waals surface area (Å²) in [5.41, 5.74) is -0.347. The topological polar surface area (TPSA) is 139 Å². The molecule has 0 heterocycles. The summed E-state index contributed by atoms with van der Waals surface area (Å²) in [5, 5.41) is 22.4. The van der Waals surface area contributed by atoms with Crippen LogP contribution in [0.5, 0.6) is 0 Å². The van der Waals surface area contributed by atoms with Gasteiger partial charge in [0.1, 0.15) is 17.7 Å². The van der Waals surface area contributed by atoms with E-state index in [2.05, 4.69) is 5.32 Å². The fraction of sp³-hybridized carbons (Fsp3) is 0.500. The quantitative estimate of drug-likeness (QED) is 0.531. The Balaban J connectivity index is 2.79. The predicted molar refractivity (Wildman–Crippen MR) is 99.8 cm³/mol. The van der Waals surface area contributed by atoms with E-state index >= 15 is 0 Å². The van der Waals surface area contributed by atoms with Crippen LogP contribution < -0.4 is 5.32 Å². The Morgan fingerprint density at radius 1 is 1.25 bits per heavy atom. The molecule has 0 aliphatic carbocycles. The number of nitro benzene ring substituents is 1. The summed E-state index contributed by atoms with van der Waals surface area (Å²) < 4.78 is 5.19. The molecule has 10 heteroatoms. The first-order chi connectivity index (χ1) is 12.8. The molecule has 0 saturated heterocycles. The number of aliphatic carboxylic acids is 1. The van der Waals surface area contributed by atoms with Gasteiger partial charge in [0.25, 0.3) is 5.69 Å². The molecule has 0 aliphatic heterocycles. The van der Waals surface area contributed by atoms with Crippen LogP contribution in [-0.4, -0.2) is 57.6 Å². The molecule has 0 aliphatic rings. The van der Waals surface area contributed by atoms with Gasteiger partial charge in [0.05, 0.1) is 4.92 Å². The fourth-order valence-corrected chi connectivity index (χ4v) is 2.15. The monoisotopic (exact) mass is 395 g/mol. The second-order valence-corrected chi connectivity index (χ2v) is 7.29. The molecule has 2 atom stereocenters. The number of nitrogens with one attached hydrogen (secondary N) is 1. The van der Waals surface area contributed by atoms with Crippen LogP contribution in [0.4, 0.5) is 10.5 Å². The minimum atomic E-state index is -1.26. The third kappa shape index (κ3) is 6.86. The zero-order valence-corrected chi connectivity index (χ0v) is 16.5. The molecular weight excluding hydrogens is 370 g/mol. The highest BCUT2D eigenvalue weighted by Gasteiger charge is 2.29. The number of rotatable bonds is 7. The van der Waals surface area contributed by atoms with Gasteiger partial charge >= 0.3 is 12.1 Å². The van der Waals surface area contributed by atoms with Crippen molar-refractivity contribution >= 4 is 23.7 Å². The Labute approximate surface area is 162 Å². The van der Waals surface area contributed by atoms with Crippen LogP contribution >= 0.6 is 0 Å². The van der Waals surface area contributed by atoms with E-state index in [0.29, 0.717) is 5.56 Å². The number of carboxylic acid groups (broad SMARTS) is 1. The fourth-order valence-electron chi connectivity index (χ4n) is 2.15. The highest BCUT2D eigenvalue weighted by Crippen LogP contribution is 2.14. The number of carbonyl (C=O) groups excluding carboxylic acids is 2. The SMILES string of the molecule is C[C@@H](C(=O)NC(Cc1ccc([N+](=O)[O-])cc1)C(=O)O)N(C)C(=O)OC(C)(C)C. The second kappa shape index (κ2) is 9.16. The Bertz CT molecular complexity index is 741. The first kappa shape index (κ1) is 22.9. The highest BCUT2D eigenvalue weighted by molar-refractivity contribution is 5.89. The molecule has 10 nitrogen and oxygen atoms in total. The Morgan fingerprint density at radius 2 is 1.79 bits per heavy atom. The van der Waals surface area contributed by atoms with Crippen LogP contribution in [0, 0.1) is 10.1 Å². The van der Waals surface area contributed by atoms with E-state index in [9.17, 15) is 29.6 Å². The van der Waals surface area contributed by atoms with Crippen LogP contribution in [0.15, 0.2) is 24.3 Å². The zero-order chi connectivity index (χ0) is 21.6. The lowest BCUT2D eigenvalue weighted by atomic mass is 10.1. The summed E-state index contributed by atoms with van der Waals surface area (Å²) >= 11 is 0. The first-order valence-electron chi connectivity index (χ1n) is 8.54. The standard InChI is InChI=1S/C18H25N3O7/c1-11(20(5)17(25)28-18(2,3)4)15(22)19-14(16(23)24)10-12-6-8-13(9-7-12)21(26)27/h6-9,11,14H,10H2,1-5H3,(H,19,22)(H,23,24)/t11-,14?/m0/s1. The van der Waals surface area contributed by atoms with Gasteiger partial charge in [-0.2, -0.15) is 0 Å². The maximum atomic E-state index is 12.4. The molecule has 154 valence electrons. The van der Waals surface area contributed by atoms with E-state index in [1.54, 1.807) is 20.8 Å². The van der Waals surface area contributed by atoms with Gasteiger partial charge in [0.2, 0.25) is 5.91 Å². The molecule has 0 radical (unpaired) electrons. The van der Waals surface area contributed by atoms with E-state index < -0.39 is 40.6 Å². The van der Waals surface area contributed by atoms with Crippen molar-refractivity contribution in [3.63, 3.8) is 0 Å². The normalized spacial score (nSPS) is 13.2. The van der Waals surface area contributed by atoms with Crippen molar-refractivity contribution in [3.05, 3.63) is 39.9 Å². The predicted octanol–water partition coefficient (Wildman–Crippen LogP) is 1.96. The molecule has 0 aromatic heterocycles. The summed E-state index contributed by atoms with van der Waals surface area (Å²) in [6.07, 6.45) is -0.778. The summed E-state index contributed by atoms with van der Waals surface area (Å²) in [6.45, 7) is 6.51. The largest absolute Gasteiger partial charge is 0.480 e. The highest BCUT2D eigenvalue weighted by atomic mass is 16.6. The Morgan fingerprint density at radius 3 is 2.21 bits per heavy atom. The maximum absolute atomic E-state index is 12.4. The average Bonchev–Trinajstić information content (AvgIpc) is 2.58. The molecule has 0 fully saturated rings. The van der Waals surface area contributed by atoms with Gasteiger partial charge in [0.15, 0.2) is 0 Å². The van der Waals surface area contributed by atoms with Gasteiger partial charge in [0, 0.05) is 25.6 Å². The lowest BCUT2D eigenvalue weighted by molar-refractivity contribution is -0.384. The van der Waals surface area contributed by atoms with Gasteiger partial charge in [-0.1, -0.05) is 12.1 Å². The third-order valence-corrected chi connectivity index (χ3v) is 3.84. The van der Waals surface area contributed by atoms with Crippen LogP contribution in [-0.2, 0) is 20.7 Å². The van der Waals surface area contributed by atoms with Crippen molar-refractivity contribution in [2.24, 2.45) is 0 Å². The average molecular weight is 395 g/mol. The summed E-state index contributed by atoms with van der Waals surface area (Å²) in [4.78, 5) is 47.1. The van der Waals surface area contributed by atoms with Crippen molar-refractivity contribution in [2.75, 3.05) is 7.05 Å². The van der Waals surface area contributed by atoms with Crippen LogP contribution in [0.1, 0.15) is 33.3 Å². The molecule has 0 saturated carbocycles. The van der Waals surface area contributed by atoms with Crippen LogP contribution in [0.3, 0.4) is 0 Å². The molecule has 2 amide bonds. The molecule has 0 spiro atoms. The molecule has 1 rings (SSSR count). The smallest absolute Gasteiger partial charge is 0.410 e. The second-order valence-electron chi connectivity index (χ2n) is 7.29. The lowest BCUT2D eigenvalue weighted by Gasteiger charge is -2.28. The van der Waals surface area contributed by atoms with E-state index in [1.807, 2.05) is 0 Å². The minimum absolute atomic E-state index is 0.0675. The molecule has 1 aromatic carbocycles. The van der Waals surface area contributed by atoms with Gasteiger partial charge in [-0.15, -0.1) is 0 Å². The van der Waals surface area contributed by atoms with E-state index in [-0.39, 0.29) is 12.1 Å². The minimum Gasteiger partial charge on any atom is -0.480 e. The number of nitro groups is 1. The van der Waals surface area contributed by atoms with Crippen molar-refractivity contribution in [2.45, 2.75) is 51.8 Å².